The molecule has 3 heteroatoms. The molecule has 0 saturated heterocycles. The number of hydrogen-bond acceptors (Lipinski definition) is 3. The molecule has 0 aliphatic heterocycles. The van der Waals surface area contributed by atoms with E-state index in [1.807, 2.05) is 6.26 Å². The highest BCUT2D eigenvalue weighted by Gasteiger charge is 2.35. The van der Waals surface area contributed by atoms with Crippen molar-refractivity contribution < 1.29 is 4.42 Å². The van der Waals surface area contributed by atoms with Gasteiger partial charge in [0.15, 0.2) is 0 Å². The topological polar surface area (TPSA) is 37.2 Å². The lowest BCUT2D eigenvalue weighted by molar-refractivity contribution is 0.295. The first-order valence-corrected chi connectivity index (χ1v) is 8.25. The summed E-state index contributed by atoms with van der Waals surface area (Å²) in [5.41, 5.74) is 1.29. The van der Waals surface area contributed by atoms with Crippen molar-refractivity contribution in [3.8, 4) is 0 Å². The van der Waals surface area contributed by atoms with Gasteiger partial charge in [0.2, 0.25) is 0 Å². The zero-order valence-corrected chi connectivity index (χ0v) is 13.2. The van der Waals surface area contributed by atoms with Crippen LogP contribution in [-0.2, 0) is 0 Å². The van der Waals surface area contributed by atoms with Gasteiger partial charge in [-0.05, 0) is 56.7 Å². The van der Waals surface area contributed by atoms with Crippen LogP contribution in [-0.4, -0.2) is 19.1 Å². The van der Waals surface area contributed by atoms with Gasteiger partial charge in [0.25, 0.3) is 0 Å². The van der Waals surface area contributed by atoms with Crippen LogP contribution < -0.4 is 10.6 Å². The average molecular weight is 278 g/mol. The number of furan rings is 1. The van der Waals surface area contributed by atoms with E-state index in [9.17, 15) is 0 Å². The second kappa shape index (κ2) is 7.84. The van der Waals surface area contributed by atoms with E-state index in [4.69, 9.17) is 4.42 Å². The van der Waals surface area contributed by atoms with Crippen molar-refractivity contribution in [1.82, 2.24) is 10.6 Å². The fourth-order valence-electron chi connectivity index (χ4n) is 3.17. The molecule has 2 rings (SSSR count). The highest BCUT2D eigenvalue weighted by molar-refractivity contribution is 5.12. The standard InChI is InChI=1S/C17H30N2O/c1-4-9-19-16(15-8-10-20-12-15)11-13(3)17(18-5-2)14-6-7-14/h8,10,12-14,16-19H,4-7,9,11H2,1-3H3. The largest absolute Gasteiger partial charge is 0.472 e. The lowest BCUT2D eigenvalue weighted by Gasteiger charge is -2.28. The zero-order chi connectivity index (χ0) is 14.4. The molecule has 114 valence electrons. The first-order valence-electron chi connectivity index (χ1n) is 8.25. The van der Waals surface area contributed by atoms with Crippen LogP contribution in [0, 0.1) is 11.8 Å². The minimum atomic E-state index is 0.420. The molecule has 0 radical (unpaired) electrons. The fraction of sp³-hybridized carbons (Fsp3) is 0.765. The van der Waals surface area contributed by atoms with Gasteiger partial charge in [-0.2, -0.15) is 0 Å². The first kappa shape index (κ1) is 15.6. The SMILES string of the molecule is CCCNC(CC(C)C(NCC)C1CC1)c1ccoc1. The van der Waals surface area contributed by atoms with Crippen LogP contribution in [0.5, 0.6) is 0 Å². The van der Waals surface area contributed by atoms with Gasteiger partial charge in [0.1, 0.15) is 0 Å². The summed E-state index contributed by atoms with van der Waals surface area (Å²) < 4.78 is 5.27. The molecule has 0 bridgehead atoms. The Morgan fingerprint density at radius 1 is 1.30 bits per heavy atom. The van der Waals surface area contributed by atoms with Crippen molar-refractivity contribution in [2.24, 2.45) is 11.8 Å². The second-order valence-electron chi connectivity index (χ2n) is 6.20. The Labute approximate surface area is 123 Å². The quantitative estimate of drug-likeness (QED) is 0.684. The molecule has 1 fully saturated rings. The van der Waals surface area contributed by atoms with Gasteiger partial charge in [-0.1, -0.05) is 20.8 Å². The second-order valence-corrected chi connectivity index (χ2v) is 6.20. The van der Waals surface area contributed by atoms with Gasteiger partial charge in [0.05, 0.1) is 12.5 Å². The van der Waals surface area contributed by atoms with Crippen molar-refractivity contribution in [3.05, 3.63) is 24.2 Å². The molecular weight excluding hydrogens is 248 g/mol. The predicted molar refractivity (Wildman–Crippen MR) is 83.7 cm³/mol. The maximum atomic E-state index is 5.27. The van der Waals surface area contributed by atoms with E-state index in [1.165, 1.54) is 31.2 Å². The monoisotopic (exact) mass is 278 g/mol. The molecule has 1 saturated carbocycles. The maximum Gasteiger partial charge on any atom is 0.0950 e. The van der Waals surface area contributed by atoms with Crippen LogP contribution in [0.3, 0.4) is 0 Å². The Balaban J connectivity index is 1.94. The van der Waals surface area contributed by atoms with E-state index in [1.54, 1.807) is 6.26 Å². The predicted octanol–water partition coefficient (Wildman–Crippen LogP) is 3.73. The molecule has 1 heterocycles. The lowest BCUT2D eigenvalue weighted by Crippen LogP contribution is -2.38. The molecule has 2 N–H and O–H groups in total. The van der Waals surface area contributed by atoms with Gasteiger partial charge < -0.3 is 15.1 Å². The Morgan fingerprint density at radius 3 is 2.65 bits per heavy atom. The lowest BCUT2D eigenvalue weighted by atomic mass is 9.89. The van der Waals surface area contributed by atoms with Crippen molar-refractivity contribution >= 4 is 0 Å². The Morgan fingerprint density at radius 2 is 2.10 bits per heavy atom. The summed E-state index contributed by atoms with van der Waals surface area (Å²) >= 11 is 0. The molecule has 1 aromatic rings. The molecule has 3 unspecified atom stereocenters. The number of rotatable bonds is 10. The first-order chi connectivity index (χ1) is 9.76. The van der Waals surface area contributed by atoms with Gasteiger partial charge in [-0.3, -0.25) is 0 Å². The summed E-state index contributed by atoms with van der Waals surface area (Å²) in [5, 5.41) is 7.37. The summed E-state index contributed by atoms with van der Waals surface area (Å²) in [6, 6.07) is 3.20. The van der Waals surface area contributed by atoms with Gasteiger partial charge in [0, 0.05) is 17.6 Å². The summed E-state index contributed by atoms with van der Waals surface area (Å²) in [5.74, 6) is 1.59. The van der Waals surface area contributed by atoms with Gasteiger partial charge >= 0.3 is 0 Å². The Kier molecular flexibility index (Phi) is 6.11. The van der Waals surface area contributed by atoms with E-state index in [0.717, 1.165) is 19.0 Å². The van der Waals surface area contributed by atoms with Crippen LogP contribution >= 0.6 is 0 Å². The van der Waals surface area contributed by atoms with E-state index < -0.39 is 0 Å². The average Bonchev–Trinajstić information content (AvgIpc) is 3.14. The third kappa shape index (κ3) is 4.35. The molecular formula is C17H30N2O. The van der Waals surface area contributed by atoms with Crippen molar-refractivity contribution in [2.45, 2.75) is 58.5 Å². The summed E-state index contributed by atoms with van der Waals surface area (Å²) in [7, 11) is 0. The molecule has 1 aromatic heterocycles. The van der Waals surface area contributed by atoms with Crippen LogP contribution in [0.4, 0.5) is 0 Å². The summed E-state index contributed by atoms with van der Waals surface area (Å²) in [4.78, 5) is 0. The highest BCUT2D eigenvalue weighted by atomic mass is 16.3. The highest BCUT2D eigenvalue weighted by Crippen LogP contribution is 2.38. The molecule has 0 spiro atoms. The Bertz CT molecular complexity index is 359. The van der Waals surface area contributed by atoms with E-state index in [0.29, 0.717) is 18.0 Å². The molecule has 1 aliphatic carbocycles. The van der Waals surface area contributed by atoms with E-state index in [-0.39, 0.29) is 0 Å². The molecule has 3 atom stereocenters. The number of hydrogen-bond donors (Lipinski definition) is 2. The van der Waals surface area contributed by atoms with Crippen molar-refractivity contribution in [3.63, 3.8) is 0 Å². The zero-order valence-electron chi connectivity index (χ0n) is 13.2. The summed E-state index contributed by atoms with van der Waals surface area (Å²) in [6.45, 7) is 8.97. The van der Waals surface area contributed by atoms with Gasteiger partial charge in [-0.25, -0.2) is 0 Å². The molecule has 3 nitrogen and oxygen atoms in total. The minimum Gasteiger partial charge on any atom is -0.472 e. The smallest absolute Gasteiger partial charge is 0.0950 e. The van der Waals surface area contributed by atoms with Crippen LogP contribution in [0.2, 0.25) is 0 Å². The van der Waals surface area contributed by atoms with Gasteiger partial charge in [-0.15, -0.1) is 0 Å². The van der Waals surface area contributed by atoms with Crippen LogP contribution in [0.25, 0.3) is 0 Å². The van der Waals surface area contributed by atoms with E-state index in [2.05, 4.69) is 37.5 Å². The third-order valence-electron chi connectivity index (χ3n) is 4.38. The minimum absolute atomic E-state index is 0.420. The number of nitrogens with one attached hydrogen (secondary N) is 2. The molecule has 20 heavy (non-hydrogen) atoms. The molecule has 1 aliphatic rings. The fourth-order valence-corrected chi connectivity index (χ4v) is 3.17. The maximum absolute atomic E-state index is 5.27. The van der Waals surface area contributed by atoms with Crippen molar-refractivity contribution in [2.75, 3.05) is 13.1 Å². The van der Waals surface area contributed by atoms with Crippen LogP contribution in [0.15, 0.2) is 23.0 Å². The molecule has 0 amide bonds. The van der Waals surface area contributed by atoms with Crippen molar-refractivity contribution in [1.29, 1.82) is 0 Å². The Hall–Kier alpha value is -0.800. The molecule has 0 aromatic carbocycles. The normalized spacial score (nSPS) is 19.8. The van der Waals surface area contributed by atoms with Crippen LogP contribution in [0.1, 0.15) is 58.1 Å². The summed E-state index contributed by atoms with van der Waals surface area (Å²) in [6.07, 6.45) is 8.82. The third-order valence-corrected chi connectivity index (χ3v) is 4.38. The van der Waals surface area contributed by atoms with E-state index >= 15 is 0 Å².